The average Bonchev–Trinajstić information content (AvgIpc) is 2.53. The zero-order valence-corrected chi connectivity index (χ0v) is 13.5. The van der Waals surface area contributed by atoms with Gasteiger partial charge < -0.3 is 4.74 Å². The molecule has 0 aliphatic carbocycles. The molecule has 110 valence electrons. The summed E-state index contributed by atoms with van der Waals surface area (Å²) in [5, 5.41) is -0.692. The van der Waals surface area contributed by atoms with E-state index in [0.717, 1.165) is 11.1 Å². The lowest BCUT2D eigenvalue weighted by molar-refractivity contribution is -0.144. The molecule has 0 radical (unpaired) electrons. The zero-order chi connectivity index (χ0) is 15.2. The highest BCUT2D eigenvalue weighted by Crippen LogP contribution is 2.29. The van der Waals surface area contributed by atoms with Gasteiger partial charge in [0.1, 0.15) is 12.0 Å². The Kier molecular flexibility index (Phi) is 5.97. The Morgan fingerprint density at radius 2 is 1.71 bits per heavy atom. The Balaban J connectivity index is 1.94. The van der Waals surface area contributed by atoms with Gasteiger partial charge in [0.25, 0.3) is 0 Å². The van der Waals surface area contributed by atoms with E-state index in [1.54, 1.807) is 24.3 Å². The van der Waals surface area contributed by atoms with Crippen molar-refractivity contribution in [1.29, 1.82) is 0 Å². The third-order valence-electron chi connectivity index (χ3n) is 2.94. The molecule has 0 amide bonds. The molecule has 0 aliphatic rings. The molecule has 2 unspecified atom stereocenters. The van der Waals surface area contributed by atoms with E-state index in [2.05, 4.69) is 12.6 Å². The lowest BCUT2D eigenvalue weighted by Crippen LogP contribution is -2.22. The van der Waals surface area contributed by atoms with Crippen LogP contribution < -0.4 is 0 Å². The fourth-order valence-corrected chi connectivity index (χ4v) is 2.39. The Bertz CT molecular complexity index is 587. The molecule has 21 heavy (non-hydrogen) atoms. The normalized spacial score (nSPS) is 13.5. The van der Waals surface area contributed by atoms with E-state index < -0.39 is 16.6 Å². The molecule has 0 aliphatic heterocycles. The third-order valence-corrected chi connectivity index (χ3v) is 4.39. The lowest BCUT2D eigenvalue weighted by atomic mass is 10.1. The number of hydrogen-bond donors (Lipinski definition) is 1. The van der Waals surface area contributed by atoms with Crippen LogP contribution in [0.1, 0.15) is 16.4 Å². The number of ether oxygens (including phenoxy) is 1. The molecule has 2 atom stereocenters. The van der Waals surface area contributed by atoms with E-state index in [-0.39, 0.29) is 6.61 Å². The van der Waals surface area contributed by atoms with Crippen molar-refractivity contribution >= 4 is 41.8 Å². The number of esters is 1. The van der Waals surface area contributed by atoms with Crippen molar-refractivity contribution in [2.75, 3.05) is 0 Å². The SMILES string of the molecule is O=C(OCc1ccccc1)C(Cl)C(S)c1ccc(Cl)cc1. The molecule has 0 fully saturated rings. The van der Waals surface area contributed by atoms with E-state index in [4.69, 9.17) is 27.9 Å². The van der Waals surface area contributed by atoms with Gasteiger partial charge >= 0.3 is 5.97 Å². The summed E-state index contributed by atoms with van der Waals surface area (Å²) in [5.74, 6) is -0.490. The average molecular weight is 341 g/mol. The van der Waals surface area contributed by atoms with E-state index in [9.17, 15) is 4.79 Å². The summed E-state index contributed by atoms with van der Waals surface area (Å²) in [5.41, 5.74) is 1.73. The number of thiol groups is 1. The molecule has 0 heterocycles. The van der Waals surface area contributed by atoms with Gasteiger partial charge in [-0.1, -0.05) is 54.1 Å². The van der Waals surface area contributed by atoms with Crippen LogP contribution in [0.3, 0.4) is 0 Å². The molecule has 5 heteroatoms. The van der Waals surface area contributed by atoms with Crippen LogP contribution >= 0.6 is 35.8 Å². The molecular formula is C16H14Cl2O2S. The van der Waals surface area contributed by atoms with Gasteiger partial charge in [-0.05, 0) is 23.3 Å². The van der Waals surface area contributed by atoms with Crippen molar-refractivity contribution < 1.29 is 9.53 Å². The van der Waals surface area contributed by atoms with Crippen molar-refractivity contribution in [2.24, 2.45) is 0 Å². The number of carbonyl (C=O) groups excluding carboxylic acids is 1. The zero-order valence-electron chi connectivity index (χ0n) is 11.1. The summed E-state index contributed by atoms with van der Waals surface area (Å²) >= 11 is 16.4. The fraction of sp³-hybridized carbons (Fsp3) is 0.188. The van der Waals surface area contributed by atoms with E-state index in [1.807, 2.05) is 30.3 Å². The van der Waals surface area contributed by atoms with Crippen LogP contribution in [0.5, 0.6) is 0 Å². The first kappa shape index (κ1) is 16.2. The van der Waals surface area contributed by atoms with Gasteiger partial charge in [0, 0.05) is 5.02 Å². The topological polar surface area (TPSA) is 26.3 Å². The minimum Gasteiger partial charge on any atom is -0.460 e. The van der Waals surface area contributed by atoms with Crippen molar-refractivity contribution in [3.63, 3.8) is 0 Å². The summed E-state index contributed by atoms with van der Waals surface area (Å²) in [4.78, 5) is 12.0. The van der Waals surface area contributed by atoms with Gasteiger partial charge in [-0.3, -0.25) is 4.79 Å². The number of halogens is 2. The molecule has 0 saturated carbocycles. The predicted octanol–water partition coefficient (Wildman–Crippen LogP) is 4.66. The minimum atomic E-state index is -0.863. The highest BCUT2D eigenvalue weighted by molar-refractivity contribution is 7.80. The number of alkyl halides is 1. The first-order valence-corrected chi connectivity index (χ1v) is 7.69. The van der Waals surface area contributed by atoms with E-state index >= 15 is 0 Å². The van der Waals surface area contributed by atoms with Crippen molar-refractivity contribution in [1.82, 2.24) is 0 Å². The second-order valence-electron chi connectivity index (χ2n) is 4.49. The highest BCUT2D eigenvalue weighted by Gasteiger charge is 2.26. The van der Waals surface area contributed by atoms with Gasteiger partial charge in [0.05, 0.1) is 5.25 Å². The second-order valence-corrected chi connectivity index (χ2v) is 5.95. The second kappa shape index (κ2) is 7.74. The Labute approximate surface area is 139 Å². The number of rotatable bonds is 5. The first-order valence-electron chi connectivity index (χ1n) is 6.36. The summed E-state index contributed by atoms with van der Waals surface area (Å²) in [6.07, 6.45) is 0. The smallest absolute Gasteiger partial charge is 0.325 e. The van der Waals surface area contributed by atoms with Crippen LogP contribution in [0.25, 0.3) is 0 Å². The predicted molar refractivity (Wildman–Crippen MR) is 89.1 cm³/mol. The van der Waals surface area contributed by atoms with Crippen LogP contribution in [0, 0.1) is 0 Å². The van der Waals surface area contributed by atoms with Crippen LogP contribution in [-0.4, -0.2) is 11.3 Å². The number of hydrogen-bond acceptors (Lipinski definition) is 3. The highest BCUT2D eigenvalue weighted by atomic mass is 35.5. The van der Waals surface area contributed by atoms with Gasteiger partial charge in [0.15, 0.2) is 0 Å². The van der Waals surface area contributed by atoms with E-state index in [1.165, 1.54) is 0 Å². The Hall–Kier alpha value is -1.16. The van der Waals surface area contributed by atoms with Crippen LogP contribution in [0.2, 0.25) is 5.02 Å². The van der Waals surface area contributed by atoms with Crippen molar-refractivity contribution in [3.8, 4) is 0 Å². The molecule has 0 aromatic heterocycles. The maximum atomic E-state index is 12.0. The van der Waals surface area contributed by atoms with Crippen molar-refractivity contribution in [3.05, 3.63) is 70.7 Å². The first-order chi connectivity index (χ1) is 10.1. The minimum absolute atomic E-state index is 0.198. The number of benzene rings is 2. The molecule has 0 spiro atoms. The van der Waals surface area contributed by atoms with Crippen molar-refractivity contribution in [2.45, 2.75) is 17.2 Å². The standard InChI is InChI=1S/C16H14Cl2O2S/c17-13-8-6-12(7-9-13)15(21)14(18)16(19)20-10-11-4-2-1-3-5-11/h1-9,14-15,21H,10H2. The molecule has 2 aromatic carbocycles. The van der Waals surface area contributed by atoms with Crippen LogP contribution in [-0.2, 0) is 16.1 Å². The van der Waals surface area contributed by atoms with Crippen LogP contribution in [0.15, 0.2) is 54.6 Å². The summed E-state index contributed by atoms with van der Waals surface area (Å²) in [6.45, 7) is 0.198. The van der Waals surface area contributed by atoms with Gasteiger partial charge in [0.2, 0.25) is 0 Å². The number of carbonyl (C=O) groups is 1. The Morgan fingerprint density at radius 1 is 1.10 bits per heavy atom. The fourth-order valence-electron chi connectivity index (χ4n) is 1.77. The molecule has 0 saturated heterocycles. The van der Waals surface area contributed by atoms with Gasteiger partial charge in [-0.2, -0.15) is 12.6 Å². The summed E-state index contributed by atoms with van der Waals surface area (Å²) < 4.78 is 5.21. The quantitative estimate of drug-likeness (QED) is 0.486. The van der Waals surface area contributed by atoms with Gasteiger partial charge in [-0.25, -0.2) is 0 Å². The van der Waals surface area contributed by atoms with E-state index in [0.29, 0.717) is 5.02 Å². The Morgan fingerprint density at radius 3 is 2.33 bits per heavy atom. The maximum absolute atomic E-state index is 12.0. The molecule has 0 bridgehead atoms. The third kappa shape index (κ3) is 4.67. The maximum Gasteiger partial charge on any atom is 0.325 e. The molecular weight excluding hydrogens is 327 g/mol. The largest absolute Gasteiger partial charge is 0.460 e. The molecule has 0 N–H and O–H groups in total. The monoisotopic (exact) mass is 340 g/mol. The summed E-state index contributed by atoms with van der Waals surface area (Å²) in [6, 6.07) is 16.5. The molecule has 2 aromatic rings. The van der Waals surface area contributed by atoms with Gasteiger partial charge in [-0.15, -0.1) is 11.6 Å². The lowest BCUT2D eigenvalue weighted by Gasteiger charge is -2.16. The molecule has 2 nitrogen and oxygen atoms in total. The van der Waals surface area contributed by atoms with Crippen LogP contribution in [0.4, 0.5) is 0 Å². The summed E-state index contributed by atoms with van der Waals surface area (Å²) in [7, 11) is 0. The molecule has 2 rings (SSSR count).